The first-order chi connectivity index (χ1) is 10.4. The Morgan fingerprint density at radius 3 is 2.00 bits per heavy atom. The summed E-state index contributed by atoms with van der Waals surface area (Å²) in [4.78, 5) is 11.7. The molecule has 0 rings (SSSR count). The molecule has 0 aliphatic heterocycles. The minimum absolute atomic E-state index is 0.0857. The van der Waals surface area contributed by atoms with Crippen LogP contribution in [0.15, 0.2) is 12.2 Å². The molecule has 0 aromatic heterocycles. The average molecular weight is 331 g/mol. The number of hydrogen-bond donors (Lipinski definition) is 0. The van der Waals surface area contributed by atoms with Crippen LogP contribution in [0.1, 0.15) is 66.7 Å². The summed E-state index contributed by atoms with van der Waals surface area (Å²) in [5.41, 5.74) is -0.217. The lowest BCUT2D eigenvalue weighted by Gasteiger charge is -2.33. The second-order valence-corrected chi connectivity index (χ2v) is 8.56. The molecular weight excluding hydrogens is 296 g/mol. The normalized spacial score (nSPS) is 13.5. The fraction of sp³-hybridized carbons (Fsp3) is 0.824. The van der Waals surface area contributed by atoms with Crippen LogP contribution in [0.4, 0.5) is 0 Å². The van der Waals surface area contributed by atoms with E-state index in [9.17, 15) is 4.79 Å². The molecule has 5 heteroatoms. The minimum Gasteiger partial charge on any atom is -0.463 e. The van der Waals surface area contributed by atoms with Crippen LogP contribution in [0.5, 0.6) is 0 Å². The highest BCUT2D eigenvalue weighted by atomic mass is 28.2. The number of carbonyl (C=O) groups excluding carboxylic acids is 1. The standard InChI is InChI=1S/C17H34O4Si/c1-7-10-12-19-17(6,20-13-11-8-2)22-15(9-3)21-16(18)14(4)5/h15H,4,7-13,22H2,1-3,5-6H3. The summed E-state index contributed by atoms with van der Waals surface area (Å²) >= 11 is 0. The summed E-state index contributed by atoms with van der Waals surface area (Å²) in [6.45, 7) is 15.0. The molecule has 0 radical (unpaired) electrons. The Hall–Kier alpha value is -0.653. The highest BCUT2D eigenvalue weighted by molar-refractivity contribution is 6.40. The van der Waals surface area contributed by atoms with Crippen LogP contribution in [0, 0.1) is 0 Å². The predicted molar refractivity (Wildman–Crippen MR) is 93.7 cm³/mol. The second kappa shape index (κ2) is 11.9. The van der Waals surface area contributed by atoms with Gasteiger partial charge in [-0.2, -0.15) is 0 Å². The van der Waals surface area contributed by atoms with Crippen molar-refractivity contribution >= 4 is 15.5 Å². The molecule has 0 saturated heterocycles. The molecule has 22 heavy (non-hydrogen) atoms. The zero-order valence-corrected chi connectivity index (χ0v) is 16.5. The molecule has 0 aliphatic rings. The molecule has 0 spiro atoms. The summed E-state index contributed by atoms with van der Waals surface area (Å²) in [7, 11) is -0.917. The molecule has 0 fully saturated rings. The van der Waals surface area contributed by atoms with E-state index in [1.54, 1.807) is 6.92 Å². The maximum absolute atomic E-state index is 11.7. The zero-order chi connectivity index (χ0) is 17.0. The number of carbonyl (C=O) groups is 1. The molecule has 4 nitrogen and oxygen atoms in total. The quantitative estimate of drug-likeness (QED) is 0.171. The van der Waals surface area contributed by atoms with Crippen molar-refractivity contribution in [1.29, 1.82) is 0 Å². The van der Waals surface area contributed by atoms with E-state index < -0.39 is 14.9 Å². The first kappa shape index (κ1) is 21.3. The third kappa shape index (κ3) is 9.38. The van der Waals surface area contributed by atoms with Crippen LogP contribution >= 0.6 is 0 Å². The number of unbranched alkanes of at least 4 members (excludes halogenated alkanes) is 2. The molecule has 1 unspecified atom stereocenters. The van der Waals surface area contributed by atoms with Gasteiger partial charge in [-0.1, -0.05) is 40.2 Å². The van der Waals surface area contributed by atoms with E-state index in [1.807, 2.05) is 13.8 Å². The van der Waals surface area contributed by atoms with Crippen molar-refractivity contribution in [3.8, 4) is 0 Å². The number of esters is 1. The van der Waals surface area contributed by atoms with Gasteiger partial charge in [-0.15, -0.1) is 0 Å². The number of hydrogen-bond acceptors (Lipinski definition) is 4. The molecule has 0 bridgehead atoms. The van der Waals surface area contributed by atoms with Gasteiger partial charge >= 0.3 is 5.97 Å². The molecular formula is C17H34O4Si. The molecule has 0 heterocycles. The molecule has 0 aromatic carbocycles. The third-order valence-electron chi connectivity index (χ3n) is 3.49. The lowest BCUT2D eigenvalue weighted by atomic mass is 10.3. The van der Waals surface area contributed by atoms with Gasteiger partial charge < -0.3 is 14.2 Å². The van der Waals surface area contributed by atoms with Crippen LogP contribution < -0.4 is 0 Å². The lowest BCUT2D eigenvalue weighted by Crippen LogP contribution is -2.46. The summed E-state index contributed by atoms with van der Waals surface area (Å²) in [5, 5.41) is 0. The monoisotopic (exact) mass is 330 g/mol. The van der Waals surface area contributed by atoms with Crippen molar-refractivity contribution in [1.82, 2.24) is 0 Å². The topological polar surface area (TPSA) is 44.8 Å². The Labute approximate surface area is 138 Å². The van der Waals surface area contributed by atoms with Crippen molar-refractivity contribution in [3.63, 3.8) is 0 Å². The van der Waals surface area contributed by atoms with E-state index in [0.717, 1.165) is 32.1 Å². The van der Waals surface area contributed by atoms with Gasteiger partial charge in [0.2, 0.25) is 0 Å². The molecule has 0 aromatic rings. The first-order valence-electron chi connectivity index (χ1n) is 8.52. The van der Waals surface area contributed by atoms with Gasteiger partial charge in [-0.3, -0.25) is 0 Å². The van der Waals surface area contributed by atoms with E-state index in [2.05, 4.69) is 20.4 Å². The second-order valence-electron chi connectivity index (χ2n) is 5.96. The van der Waals surface area contributed by atoms with Gasteiger partial charge in [0.1, 0.15) is 14.9 Å². The average Bonchev–Trinajstić information content (AvgIpc) is 2.47. The Bertz CT molecular complexity index is 321. The zero-order valence-electron chi connectivity index (χ0n) is 15.1. The smallest absolute Gasteiger partial charge is 0.333 e. The maximum atomic E-state index is 11.7. The maximum Gasteiger partial charge on any atom is 0.333 e. The van der Waals surface area contributed by atoms with Crippen LogP contribution in [0.25, 0.3) is 0 Å². The van der Waals surface area contributed by atoms with Crippen LogP contribution in [0.3, 0.4) is 0 Å². The molecule has 130 valence electrons. The summed E-state index contributed by atoms with van der Waals surface area (Å²) in [6, 6.07) is 0. The Balaban J connectivity index is 4.67. The predicted octanol–water partition coefficient (Wildman–Crippen LogP) is 3.32. The van der Waals surface area contributed by atoms with Gasteiger partial charge in [-0.25, -0.2) is 4.79 Å². The molecule has 0 N–H and O–H groups in total. The lowest BCUT2D eigenvalue weighted by molar-refractivity contribution is -0.173. The van der Waals surface area contributed by atoms with Crippen molar-refractivity contribution < 1.29 is 19.0 Å². The summed E-state index contributed by atoms with van der Waals surface area (Å²) < 4.78 is 17.6. The largest absolute Gasteiger partial charge is 0.463 e. The van der Waals surface area contributed by atoms with Gasteiger partial charge in [0.05, 0.1) is 5.73 Å². The van der Waals surface area contributed by atoms with Crippen molar-refractivity contribution in [2.75, 3.05) is 13.2 Å². The van der Waals surface area contributed by atoms with E-state index >= 15 is 0 Å². The fourth-order valence-electron chi connectivity index (χ4n) is 1.96. The third-order valence-corrected chi connectivity index (χ3v) is 5.84. The van der Waals surface area contributed by atoms with E-state index in [4.69, 9.17) is 14.2 Å². The molecule has 0 amide bonds. The van der Waals surface area contributed by atoms with Crippen molar-refractivity contribution in [2.24, 2.45) is 0 Å². The Morgan fingerprint density at radius 2 is 1.64 bits per heavy atom. The molecule has 0 saturated carbocycles. The number of rotatable bonds is 13. The summed E-state index contributed by atoms with van der Waals surface area (Å²) in [6.07, 6.45) is 5.00. The van der Waals surface area contributed by atoms with Crippen LogP contribution in [0.2, 0.25) is 0 Å². The Kier molecular flexibility index (Phi) is 11.5. The molecule has 0 aliphatic carbocycles. The van der Waals surface area contributed by atoms with Gasteiger partial charge in [0.25, 0.3) is 0 Å². The van der Waals surface area contributed by atoms with Gasteiger partial charge in [0.15, 0.2) is 0 Å². The van der Waals surface area contributed by atoms with Gasteiger partial charge in [0, 0.05) is 18.8 Å². The van der Waals surface area contributed by atoms with E-state index in [1.165, 1.54) is 0 Å². The van der Waals surface area contributed by atoms with Crippen LogP contribution in [-0.4, -0.2) is 39.8 Å². The van der Waals surface area contributed by atoms with Crippen molar-refractivity contribution in [2.45, 2.75) is 77.9 Å². The Morgan fingerprint density at radius 1 is 1.14 bits per heavy atom. The van der Waals surface area contributed by atoms with Gasteiger partial charge in [-0.05, 0) is 33.1 Å². The minimum atomic E-state index is -0.917. The fourth-order valence-corrected chi connectivity index (χ4v) is 3.83. The van der Waals surface area contributed by atoms with E-state index in [0.29, 0.717) is 18.8 Å². The highest BCUT2D eigenvalue weighted by Crippen LogP contribution is 2.17. The van der Waals surface area contributed by atoms with E-state index in [-0.39, 0.29) is 11.7 Å². The van der Waals surface area contributed by atoms with Crippen LogP contribution in [-0.2, 0) is 19.0 Å². The first-order valence-corrected chi connectivity index (χ1v) is 10.0. The highest BCUT2D eigenvalue weighted by Gasteiger charge is 2.32. The number of ether oxygens (including phenoxy) is 3. The summed E-state index contributed by atoms with van der Waals surface area (Å²) in [5.74, 6) is -0.316. The SMILES string of the molecule is C=C(C)C(=O)OC(CC)[SiH2]C(C)(OCCCC)OCCCC. The molecule has 1 atom stereocenters. The van der Waals surface area contributed by atoms with Crippen molar-refractivity contribution in [3.05, 3.63) is 12.2 Å².